The van der Waals surface area contributed by atoms with Crippen molar-refractivity contribution in [2.24, 2.45) is 0 Å². The molecule has 4 aromatic rings. The summed E-state index contributed by atoms with van der Waals surface area (Å²) in [7, 11) is 0. The van der Waals surface area contributed by atoms with E-state index in [1.165, 1.54) is 16.9 Å². The number of aryl methyl sites for hydroxylation is 2. The van der Waals surface area contributed by atoms with Gasteiger partial charge in [-0.1, -0.05) is 60.2 Å². The topological polar surface area (TPSA) is 69.4 Å². The highest BCUT2D eigenvalue weighted by Gasteiger charge is 2.31. The van der Waals surface area contributed by atoms with E-state index in [1.54, 1.807) is 4.90 Å². The third-order valence-corrected chi connectivity index (χ3v) is 6.82. The minimum Gasteiger partial charge on any atom is -0.510 e. The average Bonchev–Trinajstić information content (AvgIpc) is 3.37. The van der Waals surface area contributed by atoms with Crippen LogP contribution in [0.5, 0.6) is 5.75 Å². The maximum atomic E-state index is 10.8. The van der Waals surface area contributed by atoms with E-state index >= 15 is 0 Å². The lowest BCUT2D eigenvalue weighted by Crippen LogP contribution is -2.25. The third kappa shape index (κ3) is 4.32. The lowest BCUT2D eigenvalue weighted by Gasteiger charge is -2.19. The zero-order chi connectivity index (χ0) is 23.7. The van der Waals surface area contributed by atoms with Crippen LogP contribution in [-0.4, -0.2) is 22.5 Å². The number of nitrogens with zero attached hydrogens (tertiary/aromatic N) is 2. The number of thiazole rings is 1. The number of hydrogen-bond donors (Lipinski definition) is 2. The zero-order valence-corrected chi connectivity index (χ0v) is 19.9. The Morgan fingerprint density at radius 1 is 0.971 bits per heavy atom. The number of benzene rings is 3. The maximum absolute atomic E-state index is 10.8. The molecule has 0 saturated heterocycles. The molecule has 5 nitrogen and oxygen atoms in total. The third-order valence-electron chi connectivity index (χ3n) is 5.84. The van der Waals surface area contributed by atoms with Crippen LogP contribution in [0.3, 0.4) is 0 Å². The fourth-order valence-corrected chi connectivity index (χ4v) is 4.97. The van der Waals surface area contributed by atoms with Gasteiger partial charge >= 0.3 is 0 Å². The largest absolute Gasteiger partial charge is 0.510 e. The molecule has 0 fully saturated rings. The van der Waals surface area contributed by atoms with E-state index < -0.39 is 0 Å². The van der Waals surface area contributed by atoms with Crippen molar-refractivity contribution in [3.05, 3.63) is 106 Å². The standard InChI is InChI=1S/C28H25N3O2S/c1-18-8-10-21(11-9-18)26-19(2)34-28(30-26)25-24(32)16-31(27(25)29)22-12-14-23(15-13-22)33-17-20-6-4-3-5-7-20/h3-15,29,32H,16-17H2,1-2H3. The minimum absolute atomic E-state index is 0.165. The molecule has 1 aromatic heterocycles. The van der Waals surface area contributed by atoms with E-state index in [9.17, 15) is 5.11 Å². The van der Waals surface area contributed by atoms with Gasteiger partial charge in [-0.15, -0.1) is 11.3 Å². The molecule has 170 valence electrons. The summed E-state index contributed by atoms with van der Waals surface area (Å²) in [5.74, 6) is 1.17. The Morgan fingerprint density at radius 2 is 1.68 bits per heavy atom. The summed E-state index contributed by atoms with van der Waals surface area (Å²) in [4.78, 5) is 7.65. The number of aliphatic hydroxyl groups is 1. The second-order valence-electron chi connectivity index (χ2n) is 8.31. The predicted octanol–water partition coefficient (Wildman–Crippen LogP) is 6.77. The Hall–Kier alpha value is -3.90. The molecule has 0 aliphatic carbocycles. The highest BCUT2D eigenvalue weighted by atomic mass is 32.1. The first kappa shape index (κ1) is 21.9. The first-order valence-corrected chi connectivity index (χ1v) is 11.9. The van der Waals surface area contributed by atoms with Gasteiger partial charge in [0.05, 0.1) is 17.8 Å². The molecule has 2 heterocycles. The molecule has 6 heteroatoms. The van der Waals surface area contributed by atoms with Crippen LogP contribution >= 0.6 is 11.3 Å². The summed E-state index contributed by atoms with van der Waals surface area (Å²) in [5.41, 5.74) is 5.56. The van der Waals surface area contributed by atoms with Crippen molar-refractivity contribution >= 4 is 28.4 Å². The fraction of sp³-hybridized carbons (Fsp3) is 0.143. The molecule has 0 radical (unpaired) electrons. The summed E-state index contributed by atoms with van der Waals surface area (Å²) in [5, 5.41) is 20.2. The van der Waals surface area contributed by atoms with Crippen LogP contribution in [0.1, 0.15) is 21.0 Å². The monoisotopic (exact) mass is 467 g/mol. The number of aliphatic hydroxyl groups excluding tert-OH is 1. The summed E-state index contributed by atoms with van der Waals surface area (Å²) in [6.07, 6.45) is 0. The van der Waals surface area contributed by atoms with Gasteiger partial charge in [0.1, 0.15) is 29.0 Å². The van der Waals surface area contributed by atoms with E-state index in [1.807, 2.05) is 61.5 Å². The Labute approximate surface area is 203 Å². The van der Waals surface area contributed by atoms with Crippen molar-refractivity contribution in [2.75, 3.05) is 11.4 Å². The highest BCUT2D eigenvalue weighted by Crippen LogP contribution is 2.37. The second kappa shape index (κ2) is 9.15. The van der Waals surface area contributed by atoms with Crippen LogP contribution in [0.15, 0.2) is 84.6 Å². The number of ether oxygens (including phenoxy) is 1. The summed E-state index contributed by atoms with van der Waals surface area (Å²) >= 11 is 1.51. The number of rotatable bonds is 6. The number of nitrogens with one attached hydrogen (secondary N) is 1. The molecule has 0 bridgehead atoms. The Balaban J connectivity index is 1.32. The van der Waals surface area contributed by atoms with Crippen LogP contribution < -0.4 is 9.64 Å². The number of aromatic nitrogens is 1. The lowest BCUT2D eigenvalue weighted by atomic mass is 10.1. The number of amidine groups is 1. The quantitative estimate of drug-likeness (QED) is 0.328. The molecule has 1 aliphatic rings. The molecule has 0 amide bonds. The molecule has 0 spiro atoms. The van der Waals surface area contributed by atoms with E-state index in [-0.39, 0.29) is 18.1 Å². The molecular weight excluding hydrogens is 442 g/mol. The van der Waals surface area contributed by atoms with E-state index in [0.29, 0.717) is 17.2 Å². The summed E-state index contributed by atoms with van der Waals surface area (Å²) < 4.78 is 5.87. The lowest BCUT2D eigenvalue weighted by molar-refractivity contribution is 0.306. The van der Waals surface area contributed by atoms with Crippen LogP contribution in [0, 0.1) is 19.3 Å². The molecule has 5 rings (SSSR count). The minimum atomic E-state index is 0.165. The van der Waals surface area contributed by atoms with Gasteiger partial charge in [-0.05, 0) is 43.7 Å². The molecule has 2 N–H and O–H groups in total. The van der Waals surface area contributed by atoms with Crippen LogP contribution in [0.25, 0.3) is 16.8 Å². The van der Waals surface area contributed by atoms with Crippen molar-refractivity contribution < 1.29 is 9.84 Å². The molecular formula is C28H25N3O2S. The Bertz CT molecular complexity index is 1360. The van der Waals surface area contributed by atoms with E-state index in [4.69, 9.17) is 15.1 Å². The number of hydrogen-bond acceptors (Lipinski definition) is 5. The van der Waals surface area contributed by atoms with Gasteiger partial charge in [0, 0.05) is 16.1 Å². The molecule has 3 aromatic carbocycles. The Kier molecular flexibility index (Phi) is 5.90. The van der Waals surface area contributed by atoms with Crippen molar-refractivity contribution in [1.29, 1.82) is 5.41 Å². The van der Waals surface area contributed by atoms with E-state index in [0.717, 1.165) is 33.1 Å². The van der Waals surface area contributed by atoms with Crippen molar-refractivity contribution in [3.63, 3.8) is 0 Å². The van der Waals surface area contributed by atoms with Gasteiger partial charge < -0.3 is 14.7 Å². The normalized spacial score (nSPS) is 13.6. The average molecular weight is 468 g/mol. The van der Waals surface area contributed by atoms with Gasteiger partial charge in [-0.2, -0.15) is 0 Å². The van der Waals surface area contributed by atoms with Gasteiger partial charge in [-0.3, -0.25) is 5.41 Å². The summed E-state index contributed by atoms with van der Waals surface area (Å²) in [6, 6.07) is 25.9. The van der Waals surface area contributed by atoms with Crippen molar-refractivity contribution in [3.8, 4) is 17.0 Å². The van der Waals surface area contributed by atoms with Gasteiger partial charge in [0.2, 0.25) is 0 Å². The van der Waals surface area contributed by atoms with Gasteiger partial charge in [0.25, 0.3) is 0 Å². The van der Waals surface area contributed by atoms with Gasteiger partial charge in [-0.25, -0.2) is 4.98 Å². The molecule has 0 saturated carbocycles. The summed E-state index contributed by atoms with van der Waals surface area (Å²) in [6.45, 7) is 4.83. The second-order valence-corrected chi connectivity index (χ2v) is 9.52. The smallest absolute Gasteiger partial charge is 0.139 e. The maximum Gasteiger partial charge on any atom is 0.139 e. The van der Waals surface area contributed by atoms with Crippen molar-refractivity contribution in [2.45, 2.75) is 20.5 Å². The highest BCUT2D eigenvalue weighted by molar-refractivity contribution is 7.13. The molecule has 0 unspecified atom stereocenters. The zero-order valence-electron chi connectivity index (χ0n) is 19.1. The predicted molar refractivity (Wildman–Crippen MR) is 139 cm³/mol. The fourth-order valence-electron chi connectivity index (χ4n) is 3.97. The van der Waals surface area contributed by atoms with Crippen LogP contribution in [0.4, 0.5) is 5.69 Å². The van der Waals surface area contributed by atoms with Crippen LogP contribution in [0.2, 0.25) is 0 Å². The van der Waals surface area contributed by atoms with E-state index in [2.05, 4.69) is 31.2 Å². The Morgan fingerprint density at radius 3 is 2.38 bits per heavy atom. The molecule has 34 heavy (non-hydrogen) atoms. The van der Waals surface area contributed by atoms with Crippen molar-refractivity contribution in [1.82, 2.24) is 4.98 Å². The SMILES string of the molecule is Cc1ccc(-c2nc(C3=C(O)CN(c4ccc(OCc5ccccc5)cc4)C3=N)sc2C)cc1. The van der Waals surface area contributed by atoms with Crippen LogP contribution in [-0.2, 0) is 6.61 Å². The molecule has 0 atom stereocenters. The first-order chi connectivity index (χ1) is 16.5. The van der Waals surface area contributed by atoms with Gasteiger partial charge in [0.15, 0.2) is 0 Å². The molecule has 1 aliphatic heterocycles. The first-order valence-electron chi connectivity index (χ1n) is 11.1. The number of anilines is 1.